The van der Waals surface area contributed by atoms with Gasteiger partial charge < -0.3 is 5.11 Å². The molecular formula is C19H13ClN6O. The van der Waals surface area contributed by atoms with Crippen LogP contribution in [0.4, 0.5) is 0 Å². The van der Waals surface area contributed by atoms with Gasteiger partial charge in [-0.25, -0.2) is 19.2 Å². The van der Waals surface area contributed by atoms with Gasteiger partial charge in [-0.2, -0.15) is 5.10 Å². The number of hydrogen-bond donors (Lipinski definition) is 1. The van der Waals surface area contributed by atoms with Gasteiger partial charge >= 0.3 is 0 Å². The van der Waals surface area contributed by atoms with Gasteiger partial charge in [-0.3, -0.25) is 0 Å². The third-order valence-corrected chi connectivity index (χ3v) is 4.84. The zero-order valence-corrected chi connectivity index (χ0v) is 15.0. The second-order valence-electron chi connectivity index (χ2n) is 6.22. The molecule has 1 N–H and O–H groups in total. The van der Waals surface area contributed by atoms with E-state index in [2.05, 4.69) is 20.2 Å². The molecule has 0 aliphatic heterocycles. The summed E-state index contributed by atoms with van der Waals surface area (Å²) in [6, 6.07) is 12.5. The number of halogens is 1. The number of nitrogens with zero attached hydrogens (tertiary/aromatic N) is 6. The highest BCUT2D eigenvalue weighted by Crippen LogP contribution is 2.25. The van der Waals surface area contributed by atoms with E-state index in [9.17, 15) is 5.11 Å². The van der Waals surface area contributed by atoms with Crippen LogP contribution in [0, 0.1) is 6.92 Å². The number of aromatic nitrogens is 6. The van der Waals surface area contributed by atoms with Gasteiger partial charge in [0.1, 0.15) is 12.1 Å². The standard InChI is InChI=1S/C19H13ClN6O/c1-11-2-5-13(8-16(11)20)26-18-15(9-22-26)19-23-17(24-25(19)10-21-18)12-3-6-14(27)7-4-12/h2-10,27H,1H3. The topological polar surface area (TPSA) is 81.1 Å². The summed E-state index contributed by atoms with van der Waals surface area (Å²) in [5.41, 5.74) is 3.97. The molecule has 3 heterocycles. The SMILES string of the molecule is Cc1ccc(-n2ncc3c2ncn2nc(-c4ccc(O)cc4)nc32)cc1Cl. The minimum atomic E-state index is 0.199. The third-order valence-electron chi connectivity index (χ3n) is 4.43. The Labute approximate surface area is 158 Å². The van der Waals surface area contributed by atoms with Crippen molar-refractivity contribution in [3.63, 3.8) is 0 Å². The molecule has 7 nitrogen and oxygen atoms in total. The second-order valence-corrected chi connectivity index (χ2v) is 6.63. The summed E-state index contributed by atoms with van der Waals surface area (Å²) in [7, 11) is 0. The number of rotatable bonds is 2. The van der Waals surface area contributed by atoms with Crippen molar-refractivity contribution in [1.82, 2.24) is 29.4 Å². The Morgan fingerprint density at radius 2 is 1.85 bits per heavy atom. The van der Waals surface area contributed by atoms with E-state index in [1.807, 2.05) is 25.1 Å². The molecule has 3 aromatic heterocycles. The molecule has 8 heteroatoms. The van der Waals surface area contributed by atoms with Gasteiger partial charge in [0.05, 0.1) is 17.3 Å². The van der Waals surface area contributed by atoms with Crippen molar-refractivity contribution < 1.29 is 5.11 Å². The van der Waals surface area contributed by atoms with E-state index in [4.69, 9.17) is 11.6 Å². The van der Waals surface area contributed by atoms with Crippen molar-refractivity contribution >= 4 is 28.3 Å². The molecule has 0 saturated carbocycles. The lowest BCUT2D eigenvalue weighted by Gasteiger charge is -2.05. The number of fused-ring (bicyclic) bond motifs is 3. The van der Waals surface area contributed by atoms with E-state index in [0.717, 1.165) is 22.2 Å². The number of phenolic OH excluding ortho intramolecular Hbond substituents is 1. The van der Waals surface area contributed by atoms with Crippen molar-refractivity contribution in [3.05, 3.63) is 65.6 Å². The van der Waals surface area contributed by atoms with Gasteiger partial charge in [-0.1, -0.05) is 17.7 Å². The Balaban J connectivity index is 1.68. The molecule has 0 spiro atoms. The molecule has 27 heavy (non-hydrogen) atoms. The maximum atomic E-state index is 9.46. The van der Waals surface area contributed by atoms with Crippen molar-refractivity contribution in [1.29, 1.82) is 0 Å². The molecule has 5 rings (SSSR count). The van der Waals surface area contributed by atoms with Crippen LogP contribution in [0.2, 0.25) is 5.02 Å². The average Bonchev–Trinajstić information content (AvgIpc) is 3.28. The molecule has 0 unspecified atom stereocenters. The number of phenols is 1. The zero-order valence-electron chi connectivity index (χ0n) is 14.2. The van der Waals surface area contributed by atoms with Crippen molar-refractivity contribution in [2.45, 2.75) is 6.92 Å². The van der Waals surface area contributed by atoms with E-state index >= 15 is 0 Å². The normalized spacial score (nSPS) is 11.5. The average molecular weight is 377 g/mol. The van der Waals surface area contributed by atoms with E-state index < -0.39 is 0 Å². The zero-order chi connectivity index (χ0) is 18.5. The van der Waals surface area contributed by atoms with Gasteiger partial charge in [0.15, 0.2) is 17.1 Å². The lowest BCUT2D eigenvalue weighted by Crippen LogP contribution is -1.99. The maximum Gasteiger partial charge on any atom is 0.182 e. The molecule has 0 aliphatic rings. The van der Waals surface area contributed by atoms with Crippen molar-refractivity contribution in [2.75, 3.05) is 0 Å². The fourth-order valence-corrected chi connectivity index (χ4v) is 3.13. The molecule has 0 atom stereocenters. The van der Waals surface area contributed by atoms with Crippen molar-refractivity contribution in [3.8, 4) is 22.8 Å². The highest BCUT2D eigenvalue weighted by molar-refractivity contribution is 6.31. The second kappa shape index (κ2) is 5.78. The van der Waals surface area contributed by atoms with Crippen LogP contribution in [-0.4, -0.2) is 34.5 Å². The Hall–Kier alpha value is -3.45. The lowest BCUT2D eigenvalue weighted by molar-refractivity contribution is 0.475. The highest BCUT2D eigenvalue weighted by Gasteiger charge is 2.14. The molecule has 132 valence electrons. The predicted octanol–water partition coefficient (Wildman–Crippen LogP) is 3.80. The van der Waals surface area contributed by atoms with Crippen LogP contribution >= 0.6 is 11.6 Å². The highest BCUT2D eigenvalue weighted by atomic mass is 35.5. The predicted molar refractivity (Wildman–Crippen MR) is 102 cm³/mol. The van der Waals surface area contributed by atoms with Crippen LogP contribution in [0.5, 0.6) is 5.75 Å². The summed E-state index contributed by atoms with van der Waals surface area (Å²) < 4.78 is 3.36. The number of benzene rings is 2. The summed E-state index contributed by atoms with van der Waals surface area (Å²) in [6.45, 7) is 1.95. The van der Waals surface area contributed by atoms with Gasteiger partial charge in [0.25, 0.3) is 0 Å². The summed E-state index contributed by atoms with van der Waals surface area (Å²) in [5, 5.41) is 19.9. The quantitative estimate of drug-likeness (QED) is 0.507. The Bertz CT molecular complexity index is 1310. The van der Waals surface area contributed by atoms with Gasteiger partial charge in [0, 0.05) is 10.6 Å². The summed E-state index contributed by atoms with van der Waals surface area (Å²) in [5.74, 6) is 0.750. The molecule has 0 amide bonds. The van der Waals surface area contributed by atoms with E-state index in [1.165, 1.54) is 0 Å². The summed E-state index contributed by atoms with van der Waals surface area (Å²) >= 11 is 6.25. The van der Waals surface area contributed by atoms with Crippen LogP contribution in [0.15, 0.2) is 55.0 Å². The van der Waals surface area contributed by atoms with Crippen LogP contribution < -0.4 is 0 Å². The van der Waals surface area contributed by atoms with Crippen LogP contribution in [-0.2, 0) is 0 Å². The van der Waals surface area contributed by atoms with Crippen LogP contribution in [0.3, 0.4) is 0 Å². The molecule has 0 bridgehead atoms. The largest absolute Gasteiger partial charge is 0.508 e. The molecule has 0 aliphatic carbocycles. The minimum absolute atomic E-state index is 0.199. The Morgan fingerprint density at radius 3 is 2.63 bits per heavy atom. The molecule has 0 radical (unpaired) electrons. The first-order chi connectivity index (χ1) is 13.1. The third kappa shape index (κ3) is 2.51. The first-order valence-electron chi connectivity index (χ1n) is 8.25. The molecular weight excluding hydrogens is 364 g/mol. The summed E-state index contributed by atoms with van der Waals surface area (Å²) in [6.07, 6.45) is 3.34. The van der Waals surface area contributed by atoms with E-state index in [-0.39, 0.29) is 5.75 Å². The van der Waals surface area contributed by atoms with Gasteiger partial charge in [-0.05, 0) is 48.9 Å². The van der Waals surface area contributed by atoms with E-state index in [1.54, 1.807) is 46.0 Å². The molecule has 2 aromatic carbocycles. The maximum absolute atomic E-state index is 9.46. The van der Waals surface area contributed by atoms with Crippen LogP contribution in [0.1, 0.15) is 5.56 Å². The number of aromatic hydroxyl groups is 1. The van der Waals surface area contributed by atoms with Gasteiger partial charge in [-0.15, -0.1) is 5.10 Å². The first kappa shape index (κ1) is 15.8. The Morgan fingerprint density at radius 1 is 1.04 bits per heavy atom. The number of hydrogen-bond acceptors (Lipinski definition) is 5. The summed E-state index contributed by atoms with van der Waals surface area (Å²) in [4.78, 5) is 9.13. The van der Waals surface area contributed by atoms with E-state index in [0.29, 0.717) is 22.1 Å². The lowest BCUT2D eigenvalue weighted by atomic mass is 10.2. The molecule has 0 saturated heterocycles. The first-order valence-corrected chi connectivity index (χ1v) is 8.63. The monoisotopic (exact) mass is 376 g/mol. The fourth-order valence-electron chi connectivity index (χ4n) is 2.96. The number of aryl methyl sites for hydroxylation is 1. The van der Waals surface area contributed by atoms with Crippen molar-refractivity contribution in [2.24, 2.45) is 0 Å². The minimum Gasteiger partial charge on any atom is -0.508 e. The fraction of sp³-hybridized carbons (Fsp3) is 0.0526. The molecule has 5 aromatic rings. The molecule has 0 fully saturated rings. The Kier molecular flexibility index (Phi) is 3.38. The smallest absolute Gasteiger partial charge is 0.182 e. The van der Waals surface area contributed by atoms with Gasteiger partial charge in [0.2, 0.25) is 0 Å². The van der Waals surface area contributed by atoms with Crippen LogP contribution in [0.25, 0.3) is 33.8 Å².